The summed E-state index contributed by atoms with van der Waals surface area (Å²) in [6, 6.07) is 1.96. The van der Waals surface area contributed by atoms with Crippen LogP contribution in [0.4, 0.5) is 0 Å². The van der Waals surface area contributed by atoms with E-state index < -0.39 is 41.9 Å². The molecule has 10 heteroatoms. The molecular weight excluding hydrogens is 474 g/mol. The summed E-state index contributed by atoms with van der Waals surface area (Å²) in [6.07, 6.45) is 3.08. The fourth-order valence-corrected chi connectivity index (χ4v) is 3.68. The van der Waals surface area contributed by atoms with E-state index in [0.29, 0.717) is 24.8 Å². The first-order valence-corrected chi connectivity index (χ1v) is 12.9. The number of rotatable bonds is 15. The minimum atomic E-state index is -0.933. The summed E-state index contributed by atoms with van der Waals surface area (Å²) in [4.78, 5) is 67.1. The molecule has 10 nitrogen and oxygen atoms in total. The van der Waals surface area contributed by atoms with Crippen LogP contribution in [-0.2, 0) is 30.4 Å². The van der Waals surface area contributed by atoms with Crippen molar-refractivity contribution in [2.24, 2.45) is 17.8 Å². The first-order chi connectivity index (χ1) is 17.4. The van der Waals surface area contributed by atoms with Crippen molar-refractivity contribution in [3.63, 3.8) is 0 Å². The third-order valence-electron chi connectivity index (χ3n) is 5.85. The molecule has 0 saturated carbocycles. The number of nitrogens with one attached hydrogen (secondary N) is 4. The summed E-state index contributed by atoms with van der Waals surface area (Å²) >= 11 is 0. The Bertz CT molecular complexity index is 904. The highest BCUT2D eigenvalue weighted by Gasteiger charge is 2.33. The first-order valence-electron chi connectivity index (χ1n) is 12.9. The van der Waals surface area contributed by atoms with Crippen molar-refractivity contribution in [1.82, 2.24) is 26.3 Å². The lowest BCUT2D eigenvalue weighted by Gasteiger charge is -2.29. The molecule has 0 aliphatic rings. The Morgan fingerprint density at radius 3 is 1.92 bits per heavy atom. The Kier molecular flexibility index (Phi) is 13.5. The van der Waals surface area contributed by atoms with Crippen LogP contribution < -0.4 is 21.3 Å². The highest BCUT2D eigenvalue weighted by Crippen LogP contribution is 2.10. The number of pyridine rings is 1. The molecule has 0 bridgehead atoms. The van der Waals surface area contributed by atoms with Gasteiger partial charge in [0.2, 0.25) is 23.6 Å². The van der Waals surface area contributed by atoms with Gasteiger partial charge in [-0.25, -0.2) is 0 Å². The zero-order valence-corrected chi connectivity index (χ0v) is 23.0. The average molecular weight is 518 g/mol. The molecule has 1 rings (SSSR count). The van der Waals surface area contributed by atoms with E-state index in [1.807, 2.05) is 13.8 Å². The maximum atomic E-state index is 13.2. The highest BCUT2D eigenvalue weighted by atomic mass is 16.2. The van der Waals surface area contributed by atoms with Crippen molar-refractivity contribution in [2.75, 3.05) is 0 Å². The normalized spacial score (nSPS) is 14.4. The predicted octanol–water partition coefficient (Wildman–Crippen LogP) is 1.53. The van der Waals surface area contributed by atoms with Gasteiger partial charge >= 0.3 is 0 Å². The van der Waals surface area contributed by atoms with E-state index in [-0.39, 0.29) is 30.1 Å². The number of aldehydes is 1. The van der Waals surface area contributed by atoms with E-state index in [1.165, 1.54) is 0 Å². The van der Waals surface area contributed by atoms with E-state index in [1.54, 1.807) is 59.0 Å². The topological polar surface area (TPSA) is 146 Å². The number of hydrogen-bond acceptors (Lipinski definition) is 6. The van der Waals surface area contributed by atoms with Gasteiger partial charge in [0.15, 0.2) is 0 Å². The molecule has 37 heavy (non-hydrogen) atoms. The Hall–Kier alpha value is -3.30. The monoisotopic (exact) mass is 517 g/mol. The summed E-state index contributed by atoms with van der Waals surface area (Å²) in [5.74, 6) is -2.23. The summed E-state index contributed by atoms with van der Waals surface area (Å²) in [5.41, 5.74) is 0.580. The number of carbonyl (C=O) groups is 5. The smallest absolute Gasteiger partial charge is 0.243 e. The number of carbonyl (C=O) groups excluding carboxylic acids is 5. The lowest BCUT2D eigenvalue weighted by molar-refractivity contribution is -0.135. The zero-order chi connectivity index (χ0) is 28.1. The van der Waals surface area contributed by atoms with E-state index in [2.05, 4.69) is 26.3 Å². The first kappa shape index (κ1) is 31.7. The standard InChI is InChI=1S/C27H43N5O5/c1-8-19(15-33)29-25(35)21(13-16(2)3)30-26(36)24(18(6)7)32-27(37)23(17(4)5)31-22(34)14-20-11-9-10-12-28-20/h9-12,15-19,21,23-24H,8,13-14H2,1-7H3,(H,29,35)(H,30,36)(H,31,34)(H,32,37)/t19-,21-,23-,24-/m0/s1. The molecule has 0 aliphatic carbocycles. The average Bonchev–Trinajstić information content (AvgIpc) is 2.83. The van der Waals surface area contributed by atoms with Gasteiger partial charge in [-0.3, -0.25) is 24.2 Å². The largest absolute Gasteiger partial charge is 0.345 e. The van der Waals surface area contributed by atoms with Gasteiger partial charge in [-0.15, -0.1) is 0 Å². The molecule has 0 aromatic carbocycles. The summed E-state index contributed by atoms with van der Waals surface area (Å²) in [6.45, 7) is 12.8. The zero-order valence-electron chi connectivity index (χ0n) is 23.0. The molecule has 1 heterocycles. The van der Waals surface area contributed by atoms with Crippen LogP contribution in [0, 0.1) is 17.8 Å². The van der Waals surface area contributed by atoms with Crippen molar-refractivity contribution < 1.29 is 24.0 Å². The second kappa shape index (κ2) is 15.7. The minimum absolute atomic E-state index is 0.0248. The van der Waals surface area contributed by atoms with Crippen LogP contribution in [0.15, 0.2) is 24.4 Å². The van der Waals surface area contributed by atoms with Crippen molar-refractivity contribution in [1.29, 1.82) is 0 Å². The maximum Gasteiger partial charge on any atom is 0.243 e. The van der Waals surface area contributed by atoms with Gasteiger partial charge in [0, 0.05) is 11.9 Å². The highest BCUT2D eigenvalue weighted by molar-refractivity contribution is 5.95. The van der Waals surface area contributed by atoms with Gasteiger partial charge in [0.05, 0.1) is 12.5 Å². The molecule has 0 radical (unpaired) electrons. The number of amides is 4. The van der Waals surface area contributed by atoms with Crippen LogP contribution >= 0.6 is 0 Å². The Balaban J connectivity index is 2.95. The quantitative estimate of drug-likeness (QED) is 0.260. The van der Waals surface area contributed by atoms with Gasteiger partial charge in [0.1, 0.15) is 24.4 Å². The number of hydrogen-bond donors (Lipinski definition) is 4. The number of aromatic nitrogens is 1. The van der Waals surface area contributed by atoms with E-state index in [0.717, 1.165) is 0 Å². The summed E-state index contributed by atoms with van der Waals surface area (Å²) in [5, 5.41) is 10.9. The molecule has 4 N–H and O–H groups in total. The van der Waals surface area contributed by atoms with Crippen LogP contribution in [0.1, 0.15) is 67.0 Å². The molecule has 0 saturated heterocycles. The van der Waals surface area contributed by atoms with Crippen LogP contribution in [-0.4, -0.2) is 59.1 Å². The molecule has 0 unspecified atom stereocenters. The van der Waals surface area contributed by atoms with Gasteiger partial charge in [-0.05, 0) is 42.7 Å². The molecule has 1 aromatic rings. The minimum Gasteiger partial charge on any atom is -0.345 e. The molecule has 206 valence electrons. The van der Waals surface area contributed by atoms with Gasteiger partial charge < -0.3 is 26.1 Å². The number of nitrogens with zero attached hydrogens (tertiary/aromatic N) is 1. The van der Waals surface area contributed by atoms with Crippen LogP contribution in [0.25, 0.3) is 0 Å². The van der Waals surface area contributed by atoms with Crippen molar-refractivity contribution in [2.45, 2.75) is 91.9 Å². The van der Waals surface area contributed by atoms with Crippen molar-refractivity contribution >= 4 is 29.9 Å². The maximum absolute atomic E-state index is 13.2. The van der Waals surface area contributed by atoms with Crippen molar-refractivity contribution in [3.05, 3.63) is 30.1 Å². The fourth-order valence-electron chi connectivity index (χ4n) is 3.68. The van der Waals surface area contributed by atoms with Gasteiger partial charge in [-0.1, -0.05) is 54.5 Å². The molecule has 1 aromatic heterocycles. The second-order valence-electron chi connectivity index (χ2n) is 10.4. The lowest BCUT2D eigenvalue weighted by atomic mass is 9.98. The summed E-state index contributed by atoms with van der Waals surface area (Å²) in [7, 11) is 0. The van der Waals surface area contributed by atoms with Crippen molar-refractivity contribution in [3.8, 4) is 0 Å². The molecular formula is C27H43N5O5. The van der Waals surface area contributed by atoms with Gasteiger partial charge in [-0.2, -0.15) is 0 Å². The fraction of sp³-hybridized carbons (Fsp3) is 0.630. The third-order valence-corrected chi connectivity index (χ3v) is 5.85. The van der Waals surface area contributed by atoms with E-state index in [4.69, 9.17) is 0 Å². The van der Waals surface area contributed by atoms with Gasteiger partial charge in [0.25, 0.3) is 0 Å². The SMILES string of the molecule is CC[C@@H](C=O)NC(=O)[C@H](CC(C)C)NC(=O)[C@@H](NC(=O)[C@@H](NC(=O)Cc1ccccn1)C(C)C)C(C)C. The predicted molar refractivity (Wildman–Crippen MR) is 141 cm³/mol. The molecule has 4 amide bonds. The Labute approximate surface area is 220 Å². The molecule has 4 atom stereocenters. The molecule has 0 fully saturated rings. The van der Waals surface area contributed by atoms with E-state index in [9.17, 15) is 24.0 Å². The molecule has 0 spiro atoms. The molecule has 0 aliphatic heterocycles. The van der Waals surface area contributed by atoms with Crippen LogP contribution in [0.3, 0.4) is 0 Å². The third kappa shape index (κ3) is 11.1. The summed E-state index contributed by atoms with van der Waals surface area (Å²) < 4.78 is 0. The Morgan fingerprint density at radius 2 is 1.43 bits per heavy atom. The second-order valence-corrected chi connectivity index (χ2v) is 10.4. The van der Waals surface area contributed by atoms with Crippen LogP contribution in [0.2, 0.25) is 0 Å². The Morgan fingerprint density at radius 1 is 0.838 bits per heavy atom. The van der Waals surface area contributed by atoms with Crippen LogP contribution in [0.5, 0.6) is 0 Å². The lowest BCUT2D eigenvalue weighted by Crippen LogP contribution is -2.59. The van der Waals surface area contributed by atoms with E-state index >= 15 is 0 Å².